The van der Waals surface area contributed by atoms with Gasteiger partial charge in [-0.2, -0.15) is 0 Å². The SMILES string of the molecule is CCCC(CCC)C(=O)Nc1cccc(C(=O)OCC)c1. The highest BCUT2D eigenvalue weighted by Crippen LogP contribution is 2.18. The van der Waals surface area contributed by atoms with Gasteiger partial charge >= 0.3 is 5.97 Å². The van der Waals surface area contributed by atoms with E-state index in [0.29, 0.717) is 17.9 Å². The number of hydrogen-bond donors (Lipinski definition) is 1. The Morgan fingerprint density at radius 3 is 2.38 bits per heavy atom. The Balaban J connectivity index is 2.75. The first-order valence-corrected chi connectivity index (χ1v) is 7.70. The zero-order chi connectivity index (χ0) is 15.7. The fourth-order valence-corrected chi connectivity index (χ4v) is 2.29. The fourth-order valence-electron chi connectivity index (χ4n) is 2.29. The van der Waals surface area contributed by atoms with E-state index in [2.05, 4.69) is 19.2 Å². The van der Waals surface area contributed by atoms with Crippen LogP contribution in [0.4, 0.5) is 5.69 Å². The van der Waals surface area contributed by atoms with Crippen molar-refractivity contribution < 1.29 is 14.3 Å². The number of ether oxygens (including phenoxy) is 1. The molecule has 0 aliphatic rings. The van der Waals surface area contributed by atoms with E-state index in [1.54, 1.807) is 31.2 Å². The van der Waals surface area contributed by atoms with Gasteiger partial charge < -0.3 is 10.1 Å². The Labute approximate surface area is 126 Å². The number of benzene rings is 1. The lowest BCUT2D eigenvalue weighted by Gasteiger charge is -2.15. The van der Waals surface area contributed by atoms with Crippen LogP contribution < -0.4 is 5.32 Å². The number of anilines is 1. The highest BCUT2D eigenvalue weighted by Gasteiger charge is 2.17. The summed E-state index contributed by atoms with van der Waals surface area (Å²) in [6.07, 6.45) is 3.75. The van der Waals surface area contributed by atoms with Crippen LogP contribution in [0.25, 0.3) is 0 Å². The van der Waals surface area contributed by atoms with Crippen LogP contribution in [0.3, 0.4) is 0 Å². The molecule has 1 aromatic carbocycles. The maximum atomic E-state index is 12.3. The number of carbonyl (C=O) groups is 2. The third-order valence-electron chi connectivity index (χ3n) is 3.29. The van der Waals surface area contributed by atoms with E-state index in [1.165, 1.54) is 0 Å². The summed E-state index contributed by atoms with van der Waals surface area (Å²) >= 11 is 0. The number of hydrogen-bond acceptors (Lipinski definition) is 3. The van der Waals surface area contributed by atoms with E-state index in [1.807, 2.05) is 0 Å². The standard InChI is InChI=1S/C17H25NO3/c1-4-8-13(9-5-2)16(19)18-15-11-7-10-14(12-15)17(20)21-6-3/h7,10-13H,4-6,8-9H2,1-3H3,(H,18,19). The van der Waals surface area contributed by atoms with Gasteiger partial charge in [0.05, 0.1) is 12.2 Å². The molecule has 1 aromatic rings. The van der Waals surface area contributed by atoms with E-state index >= 15 is 0 Å². The van der Waals surface area contributed by atoms with Crippen LogP contribution in [0.15, 0.2) is 24.3 Å². The molecule has 0 atom stereocenters. The highest BCUT2D eigenvalue weighted by atomic mass is 16.5. The molecule has 0 spiro atoms. The Morgan fingerprint density at radius 1 is 1.14 bits per heavy atom. The fraction of sp³-hybridized carbons (Fsp3) is 0.529. The maximum Gasteiger partial charge on any atom is 0.338 e. The predicted molar refractivity (Wildman–Crippen MR) is 84.3 cm³/mol. The first-order chi connectivity index (χ1) is 10.1. The maximum absolute atomic E-state index is 12.3. The van der Waals surface area contributed by atoms with E-state index in [4.69, 9.17) is 4.74 Å². The normalized spacial score (nSPS) is 10.5. The molecular formula is C17H25NO3. The van der Waals surface area contributed by atoms with Crippen LogP contribution in [0.1, 0.15) is 56.8 Å². The van der Waals surface area contributed by atoms with Crippen LogP contribution in [-0.4, -0.2) is 18.5 Å². The van der Waals surface area contributed by atoms with Crippen LogP contribution in [0, 0.1) is 5.92 Å². The Hall–Kier alpha value is -1.84. The molecule has 0 fully saturated rings. The molecule has 1 rings (SSSR count). The molecule has 0 aliphatic heterocycles. The number of nitrogens with one attached hydrogen (secondary N) is 1. The van der Waals surface area contributed by atoms with Crippen molar-refractivity contribution in [3.8, 4) is 0 Å². The summed E-state index contributed by atoms with van der Waals surface area (Å²) < 4.78 is 4.96. The van der Waals surface area contributed by atoms with Gasteiger partial charge in [-0.1, -0.05) is 32.8 Å². The summed E-state index contributed by atoms with van der Waals surface area (Å²) in [7, 11) is 0. The number of amides is 1. The third kappa shape index (κ3) is 5.58. The van der Waals surface area contributed by atoms with Crippen molar-refractivity contribution in [3.63, 3.8) is 0 Å². The van der Waals surface area contributed by atoms with Crippen LogP contribution in [0.2, 0.25) is 0 Å². The molecule has 0 unspecified atom stereocenters. The first-order valence-electron chi connectivity index (χ1n) is 7.70. The summed E-state index contributed by atoms with van der Waals surface area (Å²) in [6.45, 7) is 6.27. The summed E-state index contributed by atoms with van der Waals surface area (Å²) in [5.74, 6) is -0.307. The minimum absolute atomic E-state index is 0.0275. The molecule has 116 valence electrons. The van der Waals surface area contributed by atoms with E-state index < -0.39 is 0 Å². The van der Waals surface area contributed by atoms with Gasteiger partial charge in [0, 0.05) is 11.6 Å². The van der Waals surface area contributed by atoms with E-state index in [0.717, 1.165) is 25.7 Å². The Bertz CT molecular complexity index is 465. The van der Waals surface area contributed by atoms with Gasteiger partial charge in [0.1, 0.15) is 0 Å². The largest absolute Gasteiger partial charge is 0.462 e. The van der Waals surface area contributed by atoms with E-state index in [9.17, 15) is 9.59 Å². The second-order valence-corrected chi connectivity index (χ2v) is 5.06. The van der Waals surface area contributed by atoms with Crippen molar-refractivity contribution in [2.24, 2.45) is 5.92 Å². The van der Waals surface area contributed by atoms with Gasteiger partial charge in [0.2, 0.25) is 5.91 Å². The van der Waals surface area contributed by atoms with Crippen LogP contribution in [-0.2, 0) is 9.53 Å². The lowest BCUT2D eigenvalue weighted by molar-refractivity contribution is -0.120. The van der Waals surface area contributed by atoms with Crippen molar-refractivity contribution in [1.29, 1.82) is 0 Å². The summed E-state index contributed by atoms with van der Waals surface area (Å²) in [5.41, 5.74) is 1.10. The predicted octanol–water partition coefficient (Wildman–Crippen LogP) is 4.02. The summed E-state index contributed by atoms with van der Waals surface area (Å²) in [6, 6.07) is 6.88. The average Bonchev–Trinajstić information content (AvgIpc) is 2.47. The molecule has 1 amide bonds. The van der Waals surface area contributed by atoms with Gasteiger partial charge in [-0.05, 0) is 38.0 Å². The molecule has 1 N–H and O–H groups in total. The molecule has 0 aliphatic carbocycles. The average molecular weight is 291 g/mol. The Morgan fingerprint density at radius 2 is 1.81 bits per heavy atom. The molecule has 0 bridgehead atoms. The molecule has 0 saturated carbocycles. The zero-order valence-electron chi connectivity index (χ0n) is 13.1. The van der Waals surface area contributed by atoms with Crippen molar-refractivity contribution >= 4 is 17.6 Å². The number of esters is 1. The van der Waals surface area contributed by atoms with Crippen molar-refractivity contribution in [2.75, 3.05) is 11.9 Å². The second kappa shape index (κ2) is 9.16. The van der Waals surface area contributed by atoms with Crippen LogP contribution in [0.5, 0.6) is 0 Å². The second-order valence-electron chi connectivity index (χ2n) is 5.06. The number of rotatable bonds is 8. The summed E-state index contributed by atoms with van der Waals surface area (Å²) in [4.78, 5) is 24.0. The monoisotopic (exact) mass is 291 g/mol. The smallest absolute Gasteiger partial charge is 0.338 e. The minimum Gasteiger partial charge on any atom is -0.462 e. The van der Waals surface area contributed by atoms with Gasteiger partial charge in [-0.25, -0.2) is 4.79 Å². The zero-order valence-corrected chi connectivity index (χ0v) is 13.1. The molecule has 0 aromatic heterocycles. The molecule has 0 radical (unpaired) electrons. The molecular weight excluding hydrogens is 266 g/mol. The van der Waals surface area contributed by atoms with Crippen LogP contribution >= 0.6 is 0 Å². The van der Waals surface area contributed by atoms with Gasteiger partial charge in [0.15, 0.2) is 0 Å². The number of carbonyl (C=O) groups excluding carboxylic acids is 2. The first kappa shape index (κ1) is 17.2. The van der Waals surface area contributed by atoms with Crippen molar-refractivity contribution in [3.05, 3.63) is 29.8 Å². The quantitative estimate of drug-likeness (QED) is 0.736. The highest BCUT2D eigenvalue weighted by molar-refractivity contribution is 5.95. The topological polar surface area (TPSA) is 55.4 Å². The molecule has 0 saturated heterocycles. The minimum atomic E-state index is -0.368. The van der Waals surface area contributed by atoms with Gasteiger partial charge in [-0.15, -0.1) is 0 Å². The lowest BCUT2D eigenvalue weighted by atomic mass is 9.97. The van der Waals surface area contributed by atoms with Crippen molar-refractivity contribution in [1.82, 2.24) is 0 Å². The Kier molecular flexibility index (Phi) is 7.51. The molecule has 4 nitrogen and oxygen atoms in total. The summed E-state index contributed by atoms with van der Waals surface area (Å²) in [5, 5.41) is 2.90. The van der Waals surface area contributed by atoms with Crippen molar-refractivity contribution in [2.45, 2.75) is 46.5 Å². The third-order valence-corrected chi connectivity index (χ3v) is 3.29. The van der Waals surface area contributed by atoms with Gasteiger partial charge in [-0.3, -0.25) is 4.79 Å². The lowest BCUT2D eigenvalue weighted by Crippen LogP contribution is -2.22. The van der Waals surface area contributed by atoms with E-state index in [-0.39, 0.29) is 17.8 Å². The molecule has 4 heteroatoms. The van der Waals surface area contributed by atoms with Gasteiger partial charge in [0.25, 0.3) is 0 Å². The molecule has 21 heavy (non-hydrogen) atoms. The molecule has 0 heterocycles.